The summed E-state index contributed by atoms with van der Waals surface area (Å²) >= 11 is 0. The smallest absolute Gasteiger partial charge is 0.412 e. The van der Waals surface area contributed by atoms with Crippen LogP contribution in [0.5, 0.6) is 0 Å². The molecule has 1 amide bonds. The Balaban J connectivity index is 1.56. The Morgan fingerprint density at radius 1 is 1.04 bits per heavy atom. The molecule has 0 aliphatic heterocycles. The van der Waals surface area contributed by atoms with Crippen LogP contribution in [-0.2, 0) is 40.5 Å². The van der Waals surface area contributed by atoms with Gasteiger partial charge >= 0.3 is 6.09 Å². The number of carbonyl (C=O) groups is 1. The van der Waals surface area contributed by atoms with Crippen molar-refractivity contribution in [3.05, 3.63) is 29.0 Å². The highest BCUT2D eigenvalue weighted by Gasteiger charge is 2.54. The van der Waals surface area contributed by atoms with Crippen molar-refractivity contribution in [2.45, 2.75) is 117 Å². The number of nitrogens with one attached hydrogen (secondary N) is 1. The number of carbonyl (C=O) groups excluding carboxylic acids is 1. The van der Waals surface area contributed by atoms with Gasteiger partial charge in [0.2, 0.25) is 0 Å². The molecule has 0 saturated heterocycles. The van der Waals surface area contributed by atoms with Crippen LogP contribution < -0.4 is 5.32 Å². The first-order valence-corrected chi connectivity index (χ1v) is 23.8. The van der Waals surface area contributed by atoms with Gasteiger partial charge in [-0.2, -0.15) is 5.10 Å². The zero-order valence-electron chi connectivity index (χ0n) is 29.2. The summed E-state index contributed by atoms with van der Waals surface area (Å²) in [4.78, 5) is 17.3. The molecule has 2 atom stereocenters. The summed E-state index contributed by atoms with van der Waals surface area (Å²) < 4.78 is 52.6. The summed E-state index contributed by atoms with van der Waals surface area (Å²) in [5, 5.41) is 7.39. The molecule has 1 fully saturated rings. The number of rotatable bonds is 12. The topological polar surface area (TPSA) is 92.4 Å². The molecule has 13 heteroatoms. The van der Waals surface area contributed by atoms with Crippen LogP contribution in [0.15, 0.2) is 6.07 Å². The molecule has 2 aliphatic carbocycles. The summed E-state index contributed by atoms with van der Waals surface area (Å²) in [5.41, 5.74) is 2.11. The van der Waals surface area contributed by atoms with Crippen LogP contribution in [-0.4, -0.2) is 60.4 Å². The highest BCUT2D eigenvalue weighted by atomic mass is 28.3. The minimum absolute atomic E-state index is 0.0129. The van der Waals surface area contributed by atoms with E-state index >= 15 is 8.78 Å². The van der Waals surface area contributed by atoms with Crippen molar-refractivity contribution in [1.29, 1.82) is 0 Å². The van der Waals surface area contributed by atoms with Crippen LogP contribution in [0.4, 0.5) is 19.3 Å². The van der Waals surface area contributed by atoms with Crippen molar-refractivity contribution in [1.82, 2.24) is 19.3 Å². The van der Waals surface area contributed by atoms with Gasteiger partial charge < -0.3 is 14.2 Å². The van der Waals surface area contributed by atoms with Gasteiger partial charge in [-0.3, -0.25) is 9.88 Å². The second-order valence-corrected chi connectivity index (χ2v) is 28.1. The average Bonchev–Trinajstić information content (AvgIpc) is 3.26. The number of ether oxygens (including phenoxy) is 3. The van der Waals surface area contributed by atoms with E-state index < -0.39 is 39.5 Å². The van der Waals surface area contributed by atoms with Crippen molar-refractivity contribution in [2.24, 2.45) is 11.3 Å². The molecule has 0 bridgehead atoms. The first kappa shape index (κ1) is 34.7. The Labute approximate surface area is 273 Å². The molecule has 2 heterocycles. The van der Waals surface area contributed by atoms with E-state index in [-0.39, 0.29) is 28.9 Å². The third kappa shape index (κ3) is 7.91. The van der Waals surface area contributed by atoms with Gasteiger partial charge in [0.05, 0.1) is 11.2 Å². The number of imidazole rings is 1. The molecule has 46 heavy (non-hydrogen) atoms. The van der Waals surface area contributed by atoms with Crippen LogP contribution in [0.3, 0.4) is 0 Å². The Hall–Kier alpha value is -2.62. The van der Waals surface area contributed by atoms with Gasteiger partial charge in [-0.15, -0.1) is 0 Å². The Morgan fingerprint density at radius 3 is 2.28 bits per heavy atom. The molecule has 3 aromatic rings. The number of benzene rings is 1. The predicted octanol–water partition coefficient (Wildman–Crippen LogP) is 8.27. The van der Waals surface area contributed by atoms with Gasteiger partial charge in [0.15, 0.2) is 17.5 Å². The quantitative estimate of drug-likeness (QED) is 0.154. The number of fused-ring (bicyclic) bond motifs is 3. The number of hydrogen-bond acceptors (Lipinski definition) is 6. The van der Waals surface area contributed by atoms with E-state index in [1.165, 1.54) is 6.07 Å². The molecule has 1 saturated carbocycles. The van der Waals surface area contributed by atoms with Gasteiger partial charge in [-0.25, -0.2) is 23.2 Å². The van der Waals surface area contributed by atoms with E-state index in [9.17, 15) is 4.79 Å². The summed E-state index contributed by atoms with van der Waals surface area (Å²) in [6.07, 6.45) is 2.00. The van der Waals surface area contributed by atoms with E-state index in [0.717, 1.165) is 42.6 Å². The first-order valence-electron chi connectivity index (χ1n) is 16.4. The first-order chi connectivity index (χ1) is 21.2. The van der Waals surface area contributed by atoms with E-state index in [4.69, 9.17) is 24.3 Å². The van der Waals surface area contributed by atoms with Crippen LogP contribution in [0.1, 0.15) is 45.4 Å². The standard InChI is InChI=1S/C33H51F2N5O4Si2/c1-32(2,3)44-31(41)37-23-16-24-29(27(35)26(23)34)39(19-42-11-13-45(5,6)7)30(36-24)28-22-15-21-17-33(21,4)18-25(22)40(38-28)20-43-12-14-46(8,9)10/h16,21H,11-15,17-20H2,1-10H3,(H,37,41)/t21-,33-/m1/s1. The lowest BCUT2D eigenvalue weighted by atomic mass is 9.87. The summed E-state index contributed by atoms with van der Waals surface area (Å²) in [6.45, 7) is 22.7. The fraction of sp³-hybridized carbons (Fsp3) is 0.667. The minimum Gasteiger partial charge on any atom is -0.444 e. The number of anilines is 1. The molecule has 2 aliphatic rings. The fourth-order valence-corrected chi connectivity index (χ4v) is 7.51. The van der Waals surface area contributed by atoms with Crippen LogP contribution >= 0.6 is 0 Å². The Bertz CT molecular complexity index is 1620. The molecule has 2 aromatic heterocycles. The second-order valence-electron chi connectivity index (χ2n) is 16.8. The number of amides is 1. The maximum Gasteiger partial charge on any atom is 0.412 e. The minimum atomic E-state index is -1.39. The normalized spacial score (nSPS) is 19.7. The van der Waals surface area contributed by atoms with Gasteiger partial charge in [-0.05, 0) is 69.5 Å². The average molecular weight is 676 g/mol. The summed E-state index contributed by atoms with van der Waals surface area (Å²) in [6, 6.07) is 3.33. The predicted molar refractivity (Wildman–Crippen MR) is 183 cm³/mol. The molecular formula is C33H51F2N5O4Si2. The molecule has 0 unspecified atom stereocenters. The van der Waals surface area contributed by atoms with Gasteiger partial charge in [0, 0.05) is 40.6 Å². The SMILES string of the molecule is CC(C)(C)OC(=O)Nc1cc2nc(-c3nn(COCC[Si](C)(C)C)c4c3C[C@@H]3C[C@]3(C)C4)n(COCC[Si](C)(C)C)c2c(F)c1F. The second kappa shape index (κ2) is 12.4. The molecule has 0 radical (unpaired) electrons. The lowest BCUT2D eigenvalue weighted by Crippen LogP contribution is -2.27. The van der Waals surface area contributed by atoms with E-state index in [2.05, 4.69) is 51.5 Å². The zero-order valence-corrected chi connectivity index (χ0v) is 31.2. The third-order valence-electron chi connectivity index (χ3n) is 8.91. The van der Waals surface area contributed by atoms with Crippen LogP contribution in [0.25, 0.3) is 22.6 Å². The molecule has 0 spiro atoms. The van der Waals surface area contributed by atoms with Crippen LogP contribution in [0.2, 0.25) is 51.4 Å². The van der Waals surface area contributed by atoms with E-state index in [1.807, 2.05) is 4.68 Å². The van der Waals surface area contributed by atoms with Crippen molar-refractivity contribution >= 4 is 39.0 Å². The number of hydrogen-bond donors (Lipinski definition) is 1. The third-order valence-corrected chi connectivity index (χ3v) is 12.3. The van der Waals surface area contributed by atoms with Crippen molar-refractivity contribution < 1.29 is 27.8 Å². The van der Waals surface area contributed by atoms with Crippen molar-refractivity contribution in [2.75, 3.05) is 18.5 Å². The monoisotopic (exact) mass is 675 g/mol. The van der Waals surface area contributed by atoms with Crippen LogP contribution in [0, 0.1) is 23.0 Å². The fourth-order valence-electron chi connectivity index (χ4n) is 6.00. The molecular weight excluding hydrogens is 625 g/mol. The molecule has 9 nitrogen and oxygen atoms in total. The van der Waals surface area contributed by atoms with Crippen molar-refractivity contribution in [3.63, 3.8) is 0 Å². The summed E-state index contributed by atoms with van der Waals surface area (Å²) in [7, 11) is -2.65. The highest BCUT2D eigenvalue weighted by molar-refractivity contribution is 6.76. The number of aromatic nitrogens is 4. The maximum absolute atomic E-state index is 16.0. The summed E-state index contributed by atoms with van der Waals surface area (Å²) in [5.74, 6) is -1.34. The van der Waals surface area contributed by atoms with Gasteiger partial charge in [0.1, 0.15) is 30.3 Å². The number of nitrogens with zero attached hydrogens (tertiary/aromatic N) is 4. The van der Waals surface area contributed by atoms with E-state index in [0.29, 0.717) is 37.4 Å². The van der Waals surface area contributed by atoms with Gasteiger partial charge in [-0.1, -0.05) is 46.2 Å². The van der Waals surface area contributed by atoms with Gasteiger partial charge in [0.25, 0.3) is 0 Å². The molecule has 1 N–H and O–H groups in total. The Kier molecular flexibility index (Phi) is 9.39. The number of halogens is 2. The molecule has 1 aromatic carbocycles. The van der Waals surface area contributed by atoms with Crippen molar-refractivity contribution in [3.8, 4) is 11.5 Å². The maximum atomic E-state index is 16.0. The largest absolute Gasteiger partial charge is 0.444 e. The lowest BCUT2D eigenvalue weighted by molar-refractivity contribution is 0.0635. The van der Waals surface area contributed by atoms with E-state index in [1.54, 1.807) is 25.3 Å². The highest BCUT2D eigenvalue weighted by Crippen LogP contribution is 2.60. The lowest BCUT2D eigenvalue weighted by Gasteiger charge is -2.20. The Morgan fingerprint density at radius 2 is 1.67 bits per heavy atom. The molecule has 254 valence electrons. The molecule has 5 rings (SSSR count). The zero-order chi connectivity index (χ0) is 33.8.